The number of nitrogens with one attached hydrogen (secondary N) is 1. The zero-order valence-electron chi connectivity index (χ0n) is 15.3. The van der Waals surface area contributed by atoms with Crippen molar-refractivity contribution in [2.45, 2.75) is 63.8 Å². The third-order valence-electron chi connectivity index (χ3n) is 6.05. The van der Waals surface area contributed by atoms with E-state index in [1.54, 1.807) is 7.11 Å². The molecule has 1 aromatic rings. The Morgan fingerprint density at radius 2 is 2.20 bits per heavy atom. The Balaban J connectivity index is 1.68. The maximum absolute atomic E-state index is 11.9. The van der Waals surface area contributed by atoms with Crippen LogP contribution in [0.2, 0.25) is 0 Å². The lowest BCUT2D eigenvalue weighted by molar-refractivity contribution is -0.154. The van der Waals surface area contributed by atoms with E-state index in [0.29, 0.717) is 25.5 Å². The molecule has 2 aliphatic rings. The number of hydrogen-bond acceptors (Lipinski definition) is 4. The number of carbonyl (C=O) groups is 1. The fourth-order valence-corrected chi connectivity index (χ4v) is 4.58. The second-order valence-electron chi connectivity index (χ2n) is 7.79. The molecular formula is C19H31N3O3. The number of methoxy groups -OCH3 is 1. The number of aromatic amines is 1. The van der Waals surface area contributed by atoms with Crippen molar-refractivity contribution in [3.8, 4) is 0 Å². The number of carboxylic acids is 1. The second kappa shape index (κ2) is 8.32. The number of hydrogen-bond donors (Lipinski definition) is 2. The van der Waals surface area contributed by atoms with Crippen molar-refractivity contribution in [2.75, 3.05) is 26.8 Å². The highest BCUT2D eigenvalue weighted by Gasteiger charge is 2.42. The van der Waals surface area contributed by atoms with Gasteiger partial charge in [-0.25, -0.2) is 0 Å². The SMILES string of the molecule is COCC[C@]1(C(=O)O)CCCN(Cc2cn[nH]c2C2CCCCC2)C1. The number of carboxylic acid groups (broad SMARTS) is 1. The van der Waals surface area contributed by atoms with Crippen LogP contribution < -0.4 is 0 Å². The highest BCUT2D eigenvalue weighted by atomic mass is 16.5. The van der Waals surface area contributed by atoms with Crippen molar-refractivity contribution in [1.29, 1.82) is 0 Å². The van der Waals surface area contributed by atoms with Gasteiger partial charge in [-0.05, 0) is 38.6 Å². The normalized spacial score (nSPS) is 26.0. The molecule has 6 heteroatoms. The summed E-state index contributed by atoms with van der Waals surface area (Å²) in [4.78, 5) is 14.2. The molecule has 0 unspecified atom stereocenters. The molecule has 1 atom stereocenters. The molecule has 0 amide bonds. The predicted molar refractivity (Wildman–Crippen MR) is 95.5 cm³/mol. The summed E-state index contributed by atoms with van der Waals surface area (Å²) in [5, 5.41) is 17.3. The maximum atomic E-state index is 11.9. The Morgan fingerprint density at radius 1 is 1.40 bits per heavy atom. The molecule has 1 saturated heterocycles. The number of ether oxygens (including phenoxy) is 1. The van der Waals surface area contributed by atoms with Crippen molar-refractivity contribution in [2.24, 2.45) is 5.41 Å². The fraction of sp³-hybridized carbons (Fsp3) is 0.789. The van der Waals surface area contributed by atoms with E-state index < -0.39 is 11.4 Å². The van der Waals surface area contributed by atoms with E-state index in [-0.39, 0.29) is 0 Å². The lowest BCUT2D eigenvalue weighted by Crippen LogP contribution is -2.48. The van der Waals surface area contributed by atoms with E-state index in [0.717, 1.165) is 25.9 Å². The summed E-state index contributed by atoms with van der Waals surface area (Å²) in [6.45, 7) is 2.85. The summed E-state index contributed by atoms with van der Waals surface area (Å²) in [5.41, 5.74) is 1.85. The molecule has 2 fully saturated rings. The van der Waals surface area contributed by atoms with Crippen LogP contribution >= 0.6 is 0 Å². The number of likely N-dealkylation sites (tertiary alicyclic amines) is 1. The van der Waals surface area contributed by atoms with E-state index in [9.17, 15) is 9.90 Å². The molecule has 25 heavy (non-hydrogen) atoms. The van der Waals surface area contributed by atoms with Crippen LogP contribution in [0.15, 0.2) is 6.20 Å². The maximum Gasteiger partial charge on any atom is 0.311 e. The molecular weight excluding hydrogens is 318 g/mol. The number of piperidine rings is 1. The average molecular weight is 349 g/mol. The van der Waals surface area contributed by atoms with Crippen molar-refractivity contribution in [3.63, 3.8) is 0 Å². The van der Waals surface area contributed by atoms with Crippen LogP contribution in [0.4, 0.5) is 0 Å². The van der Waals surface area contributed by atoms with Gasteiger partial charge in [-0.1, -0.05) is 19.3 Å². The van der Waals surface area contributed by atoms with Crippen LogP contribution in [0, 0.1) is 5.41 Å². The van der Waals surface area contributed by atoms with Gasteiger partial charge >= 0.3 is 5.97 Å². The van der Waals surface area contributed by atoms with Gasteiger partial charge in [0.25, 0.3) is 0 Å². The highest BCUT2D eigenvalue weighted by molar-refractivity contribution is 5.75. The quantitative estimate of drug-likeness (QED) is 0.790. The lowest BCUT2D eigenvalue weighted by Gasteiger charge is -2.40. The molecule has 0 spiro atoms. The van der Waals surface area contributed by atoms with Crippen molar-refractivity contribution >= 4 is 5.97 Å². The minimum absolute atomic E-state index is 0.499. The summed E-state index contributed by atoms with van der Waals surface area (Å²) in [6, 6.07) is 0. The minimum atomic E-state index is -0.686. The van der Waals surface area contributed by atoms with Crippen LogP contribution in [0.3, 0.4) is 0 Å². The monoisotopic (exact) mass is 349 g/mol. The third-order valence-corrected chi connectivity index (χ3v) is 6.05. The number of nitrogens with zero attached hydrogens (tertiary/aromatic N) is 2. The van der Waals surface area contributed by atoms with E-state index in [1.807, 2.05) is 6.20 Å². The molecule has 1 aliphatic heterocycles. The smallest absolute Gasteiger partial charge is 0.311 e. The summed E-state index contributed by atoms with van der Waals surface area (Å²) in [7, 11) is 1.64. The first-order chi connectivity index (χ1) is 12.1. The van der Waals surface area contributed by atoms with E-state index in [4.69, 9.17) is 4.74 Å². The molecule has 1 aliphatic carbocycles. The van der Waals surface area contributed by atoms with E-state index >= 15 is 0 Å². The molecule has 2 N–H and O–H groups in total. The predicted octanol–water partition coefficient (Wildman–Crippen LogP) is 3.16. The summed E-state index contributed by atoms with van der Waals surface area (Å²) < 4.78 is 5.16. The summed E-state index contributed by atoms with van der Waals surface area (Å²) in [5.74, 6) is -0.0947. The second-order valence-corrected chi connectivity index (χ2v) is 7.79. The van der Waals surface area contributed by atoms with Crippen LogP contribution in [-0.2, 0) is 16.1 Å². The molecule has 0 bridgehead atoms. The molecule has 140 valence electrons. The zero-order chi connectivity index (χ0) is 17.7. The Morgan fingerprint density at radius 3 is 2.92 bits per heavy atom. The Labute approximate surface area is 149 Å². The summed E-state index contributed by atoms with van der Waals surface area (Å²) >= 11 is 0. The molecule has 2 heterocycles. The molecule has 0 radical (unpaired) electrons. The summed E-state index contributed by atoms with van der Waals surface area (Å²) in [6.07, 6.45) is 10.6. The van der Waals surface area contributed by atoms with Gasteiger partial charge in [0.15, 0.2) is 0 Å². The number of aliphatic carboxylic acids is 1. The lowest BCUT2D eigenvalue weighted by atomic mass is 9.77. The van der Waals surface area contributed by atoms with Gasteiger partial charge in [0.2, 0.25) is 0 Å². The molecule has 1 aromatic heterocycles. The highest BCUT2D eigenvalue weighted by Crippen LogP contribution is 2.36. The van der Waals surface area contributed by atoms with Gasteiger partial charge in [0, 0.05) is 44.0 Å². The van der Waals surface area contributed by atoms with E-state index in [2.05, 4.69) is 15.1 Å². The van der Waals surface area contributed by atoms with Crippen LogP contribution in [0.5, 0.6) is 0 Å². The van der Waals surface area contributed by atoms with Gasteiger partial charge in [0.1, 0.15) is 0 Å². The molecule has 1 saturated carbocycles. The number of H-pyrrole nitrogens is 1. The third kappa shape index (κ3) is 4.23. The van der Waals surface area contributed by atoms with Crippen LogP contribution in [0.1, 0.15) is 68.5 Å². The van der Waals surface area contributed by atoms with Gasteiger partial charge < -0.3 is 9.84 Å². The minimum Gasteiger partial charge on any atom is -0.481 e. The Hall–Kier alpha value is -1.40. The van der Waals surface area contributed by atoms with Crippen molar-refractivity contribution in [1.82, 2.24) is 15.1 Å². The van der Waals surface area contributed by atoms with Gasteiger partial charge in [0.05, 0.1) is 11.6 Å². The molecule has 6 nitrogen and oxygen atoms in total. The molecule has 3 rings (SSSR count). The Bertz CT molecular complexity index is 568. The van der Waals surface area contributed by atoms with Crippen LogP contribution in [-0.4, -0.2) is 53.0 Å². The van der Waals surface area contributed by atoms with E-state index in [1.165, 1.54) is 43.4 Å². The van der Waals surface area contributed by atoms with Gasteiger partial charge in [-0.3, -0.25) is 14.8 Å². The van der Waals surface area contributed by atoms with Gasteiger partial charge in [-0.2, -0.15) is 5.10 Å². The van der Waals surface area contributed by atoms with Crippen molar-refractivity contribution in [3.05, 3.63) is 17.5 Å². The van der Waals surface area contributed by atoms with Crippen molar-refractivity contribution < 1.29 is 14.6 Å². The Kier molecular flexibility index (Phi) is 6.12. The largest absolute Gasteiger partial charge is 0.481 e. The fourth-order valence-electron chi connectivity index (χ4n) is 4.58. The first-order valence-electron chi connectivity index (χ1n) is 9.61. The zero-order valence-corrected chi connectivity index (χ0v) is 15.3. The average Bonchev–Trinajstić information content (AvgIpc) is 3.09. The standard InChI is InChI=1S/C19H31N3O3/c1-25-11-9-19(18(23)24)8-5-10-22(14-19)13-16-12-20-21-17(16)15-6-3-2-4-7-15/h12,15H,2-11,13-14H2,1H3,(H,20,21)(H,23,24)/t19-/m1/s1. The molecule has 0 aromatic carbocycles. The topological polar surface area (TPSA) is 78.5 Å². The van der Waals surface area contributed by atoms with Crippen LogP contribution in [0.25, 0.3) is 0 Å². The first kappa shape index (κ1) is 18.4. The number of rotatable bonds is 7. The van der Waals surface area contributed by atoms with Gasteiger partial charge in [-0.15, -0.1) is 0 Å². The number of aromatic nitrogens is 2. The first-order valence-corrected chi connectivity index (χ1v) is 9.61.